The van der Waals surface area contributed by atoms with Gasteiger partial charge in [0.15, 0.2) is 9.84 Å². The van der Waals surface area contributed by atoms with Crippen LogP contribution in [0.3, 0.4) is 0 Å². The Kier molecular flexibility index (Phi) is 13.4. The summed E-state index contributed by atoms with van der Waals surface area (Å²) in [6.07, 6.45) is 13.5. The Labute approximate surface area is 172 Å². The van der Waals surface area contributed by atoms with Gasteiger partial charge in [0, 0.05) is 33.1 Å². The molecule has 0 aromatic heterocycles. The predicted molar refractivity (Wildman–Crippen MR) is 119 cm³/mol. The third kappa shape index (κ3) is 10.6. The van der Waals surface area contributed by atoms with Gasteiger partial charge in [-0.1, -0.05) is 78.1 Å². The van der Waals surface area contributed by atoms with E-state index in [9.17, 15) is 16.8 Å². The third-order valence-electron chi connectivity index (χ3n) is 5.32. The van der Waals surface area contributed by atoms with Crippen molar-refractivity contribution in [3.05, 3.63) is 0 Å². The van der Waals surface area contributed by atoms with E-state index >= 15 is 0 Å². The highest BCUT2D eigenvalue weighted by atomic mass is 32.2. The highest BCUT2D eigenvalue weighted by molar-refractivity contribution is 7.97. The normalized spacial score (nSPS) is 24.1. The molecule has 27 heavy (non-hydrogen) atoms. The lowest BCUT2D eigenvalue weighted by molar-refractivity contribution is 0.601. The van der Waals surface area contributed by atoms with Gasteiger partial charge in [-0.3, -0.25) is 8.42 Å². The van der Waals surface area contributed by atoms with Gasteiger partial charge in [-0.2, -0.15) is 0 Å². The van der Waals surface area contributed by atoms with Crippen molar-refractivity contribution in [2.24, 2.45) is 0 Å². The molecular formula is C20H40O4S3. The molecule has 1 aliphatic heterocycles. The van der Waals surface area contributed by atoms with Crippen LogP contribution in [0.25, 0.3) is 0 Å². The van der Waals surface area contributed by atoms with Gasteiger partial charge in [0.1, 0.15) is 0 Å². The summed E-state index contributed by atoms with van der Waals surface area (Å²) in [5, 5.41) is -0.849. The van der Waals surface area contributed by atoms with E-state index in [1.54, 1.807) is 0 Å². The summed E-state index contributed by atoms with van der Waals surface area (Å²) < 4.78 is 49.6. The largest absolute Gasteiger partial charge is 0.259 e. The van der Waals surface area contributed by atoms with Crippen LogP contribution in [0.2, 0.25) is 0 Å². The first-order chi connectivity index (χ1) is 12.9. The van der Waals surface area contributed by atoms with Gasteiger partial charge in [-0.05, 0) is 12.8 Å². The van der Waals surface area contributed by atoms with E-state index in [-0.39, 0.29) is 11.5 Å². The molecule has 2 unspecified atom stereocenters. The average molecular weight is 441 g/mol. The summed E-state index contributed by atoms with van der Waals surface area (Å²) in [6, 6.07) is 0. The number of sulfone groups is 1. The molecule has 0 saturated carbocycles. The van der Waals surface area contributed by atoms with Crippen molar-refractivity contribution >= 4 is 31.4 Å². The van der Waals surface area contributed by atoms with Gasteiger partial charge in [0.05, 0.1) is 22.0 Å². The monoisotopic (exact) mass is 440 g/mol. The zero-order valence-corrected chi connectivity index (χ0v) is 19.8. The van der Waals surface area contributed by atoms with E-state index in [0.29, 0.717) is 11.5 Å². The summed E-state index contributed by atoms with van der Waals surface area (Å²) in [6.45, 7) is 4.36. The zero-order chi connectivity index (χ0) is 20.1. The van der Waals surface area contributed by atoms with Crippen LogP contribution in [-0.4, -0.2) is 50.3 Å². The number of hydrogen-bond donors (Lipinski definition) is 0. The lowest BCUT2D eigenvalue weighted by Gasteiger charge is -2.17. The second-order valence-electron chi connectivity index (χ2n) is 7.86. The topological polar surface area (TPSA) is 68.3 Å². The molecule has 4 atom stereocenters. The Balaban J connectivity index is 2.41. The molecule has 0 radical (unpaired) electrons. The van der Waals surface area contributed by atoms with Crippen LogP contribution in [0.1, 0.15) is 90.9 Å². The molecule has 0 bridgehead atoms. The lowest BCUT2D eigenvalue weighted by Crippen LogP contribution is -2.34. The molecule has 1 aliphatic rings. The Morgan fingerprint density at radius 1 is 0.630 bits per heavy atom. The van der Waals surface area contributed by atoms with Crippen molar-refractivity contribution in [2.45, 2.75) is 101 Å². The molecule has 1 heterocycles. The van der Waals surface area contributed by atoms with Crippen molar-refractivity contribution < 1.29 is 16.8 Å². The standard InChI is InChI=1S/C20H40O4S3/c1-3-5-7-9-11-13-15-25(21)19-17-27(23,24)18-20(19)26(22)16-14-12-10-8-6-4-2/h19-20H,3-18H2,1-2H3/t19-,20-,25?,26?/m0/s1. The molecule has 7 heteroatoms. The summed E-state index contributed by atoms with van der Waals surface area (Å²) in [5.41, 5.74) is 0. The van der Waals surface area contributed by atoms with E-state index in [2.05, 4.69) is 13.8 Å². The summed E-state index contributed by atoms with van der Waals surface area (Å²) in [7, 11) is -5.57. The first kappa shape index (κ1) is 25.3. The van der Waals surface area contributed by atoms with E-state index in [0.717, 1.165) is 38.5 Å². The fraction of sp³-hybridized carbons (Fsp3) is 1.00. The molecule has 162 valence electrons. The fourth-order valence-corrected chi connectivity index (χ4v) is 11.1. The molecule has 0 aromatic rings. The minimum absolute atomic E-state index is 0.0393. The molecule has 1 rings (SSSR count). The fourth-order valence-electron chi connectivity index (χ4n) is 3.63. The van der Waals surface area contributed by atoms with Gasteiger partial charge >= 0.3 is 0 Å². The predicted octanol–water partition coefficient (Wildman–Crippen LogP) is 4.37. The molecule has 0 spiro atoms. The van der Waals surface area contributed by atoms with Crippen molar-refractivity contribution in [1.82, 2.24) is 0 Å². The third-order valence-corrected chi connectivity index (χ3v) is 11.4. The number of unbranched alkanes of at least 4 members (excludes halogenated alkanes) is 10. The Bertz CT molecular complexity index is 503. The van der Waals surface area contributed by atoms with Gasteiger partial charge in [-0.15, -0.1) is 0 Å². The average Bonchev–Trinajstić information content (AvgIpc) is 2.96. The van der Waals surface area contributed by atoms with Crippen LogP contribution in [0.15, 0.2) is 0 Å². The number of hydrogen-bond acceptors (Lipinski definition) is 4. The van der Waals surface area contributed by atoms with Crippen LogP contribution in [0.5, 0.6) is 0 Å². The lowest BCUT2D eigenvalue weighted by atomic mass is 10.1. The molecule has 4 nitrogen and oxygen atoms in total. The second-order valence-corrected chi connectivity index (χ2v) is 13.6. The molecule has 1 saturated heterocycles. The van der Waals surface area contributed by atoms with Crippen LogP contribution in [0, 0.1) is 0 Å². The molecule has 0 amide bonds. The van der Waals surface area contributed by atoms with Crippen molar-refractivity contribution in [3.8, 4) is 0 Å². The van der Waals surface area contributed by atoms with E-state index < -0.39 is 41.9 Å². The van der Waals surface area contributed by atoms with Crippen molar-refractivity contribution in [2.75, 3.05) is 23.0 Å². The Morgan fingerprint density at radius 2 is 0.963 bits per heavy atom. The quantitative estimate of drug-likeness (QED) is 0.334. The van der Waals surface area contributed by atoms with E-state index in [1.807, 2.05) is 0 Å². The van der Waals surface area contributed by atoms with Gasteiger partial charge in [0.25, 0.3) is 0 Å². The molecular weight excluding hydrogens is 400 g/mol. The second kappa shape index (κ2) is 14.3. The van der Waals surface area contributed by atoms with Crippen LogP contribution >= 0.6 is 0 Å². The van der Waals surface area contributed by atoms with Gasteiger partial charge in [0.2, 0.25) is 0 Å². The molecule has 0 aromatic carbocycles. The van der Waals surface area contributed by atoms with Gasteiger partial charge in [-0.25, -0.2) is 8.42 Å². The minimum atomic E-state index is -3.21. The molecule has 0 aliphatic carbocycles. The Morgan fingerprint density at radius 3 is 1.33 bits per heavy atom. The molecule has 0 N–H and O–H groups in total. The summed E-state index contributed by atoms with van der Waals surface area (Å²) in [4.78, 5) is 0. The maximum absolute atomic E-state index is 12.7. The SMILES string of the molecule is CCCCCCCCS(=O)[C@H]1CS(=O)(=O)C[C@@H]1S(=O)CCCCCCCC. The first-order valence-electron chi connectivity index (χ1n) is 10.9. The van der Waals surface area contributed by atoms with Crippen LogP contribution in [-0.2, 0) is 31.4 Å². The van der Waals surface area contributed by atoms with Crippen molar-refractivity contribution in [1.29, 1.82) is 0 Å². The van der Waals surface area contributed by atoms with Crippen LogP contribution < -0.4 is 0 Å². The highest BCUT2D eigenvalue weighted by Crippen LogP contribution is 2.24. The summed E-state index contributed by atoms with van der Waals surface area (Å²) >= 11 is 0. The van der Waals surface area contributed by atoms with Gasteiger partial charge < -0.3 is 0 Å². The van der Waals surface area contributed by atoms with E-state index in [4.69, 9.17) is 0 Å². The zero-order valence-electron chi connectivity index (χ0n) is 17.3. The van der Waals surface area contributed by atoms with E-state index in [1.165, 1.54) is 38.5 Å². The first-order valence-corrected chi connectivity index (χ1v) is 15.4. The maximum atomic E-state index is 12.7. The maximum Gasteiger partial charge on any atom is 0.152 e. The summed E-state index contributed by atoms with van der Waals surface area (Å²) in [5.74, 6) is 1.03. The smallest absolute Gasteiger partial charge is 0.152 e. The molecule has 1 fully saturated rings. The Hall–Kier alpha value is 0.250. The van der Waals surface area contributed by atoms with Crippen molar-refractivity contribution in [3.63, 3.8) is 0 Å². The minimum Gasteiger partial charge on any atom is -0.259 e. The van der Waals surface area contributed by atoms with Crippen LogP contribution in [0.4, 0.5) is 0 Å². The number of rotatable bonds is 16. The highest BCUT2D eigenvalue weighted by Gasteiger charge is 2.43.